The summed E-state index contributed by atoms with van der Waals surface area (Å²) in [5.41, 5.74) is 0. The Hall–Kier alpha value is -0.870. The fourth-order valence-corrected chi connectivity index (χ4v) is 1.55. The number of ether oxygens (including phenoxy) is 2. The van der Waals surface area contributed by atoms with Gasteiger partial charge in [-0.25, -0.2) is 4.79 Å². The highest BCUT2D eigenvalue weighted by Gasteiger charge is 2.14. The summed E-state index contributed by atoms with van der Waals surface area (Å²) < 4.78 is 10.1. The molecule has 1 unspecified atom stereocenters. The maximum Gasteiger partial charge on any atom is 0.334 e. The second-order valence-corrected chi connectivity index (χ2v) is 3.82. The van der Waals surface area contributed by atoms with E-state index < -0.39 is 6.10 Å². The highest BCUT2D eigenvalue weighted by molar-refractivity contribution is 7.09. The van der Waals surface area contributed by atoms with Gasteiger partial charge >= 0.3 is 5.97 Å². The molecule has 0 N–H and O–H groups in total. The largest absolute Gasteiger partial charge is 0.464 e. The molecule has 0 aromatic carbocycles. The molecule has 1 atom stereocenters. The second kappa shape index (κ2) is 5.78. The summed E-state index contributed by atoms with van der Waals surface area (Å²) in [6, 6.07) is 3.93. The van der Waals surface area contributed by atoms with Gasteiger partial charge < -0.3 is 9.47 Å². The molecule has 1 heterocycles. The number of thiophene rings is 1. The first-order valence-electron chi connectivity index (χ1n) is 4.54. The number of hydrogen-bond donors (Lipinski definition) is 0. The van der Waals surface area contributed by atoms with Crippen LogP contribution in [0.2, 0.25) is 0 Å². The fraction of sp³-hybridized carbons (Fsp3) is 0.500. The van der Waals surface area contributed by atoms with Crippen LogP contribution in [0.3, 0.4) is 0 Å². The highest BCUT2D eigenvalue weighted by Crippen LogP contribution is 2.11. The van der Waals surface area contributed by atoms with Crippen LogP contribution in [0.15, 0.2) is 17.5 Å². The van der Waals surface area contributed by atoms with Crippen LogP contribution >= 0.6 is 11.3 Å². The normalized spacial score (nSPS) is 12.4. The van der Waals surface area contributed by atoms with Crippen molar-refractivity contribution in [2.45, 2.75) is 26.6 Å². The van der Waals surface area contributed by atoms with Crippen LogP contribution in [0, 0.1) is 0 Å². The average Bonchev–Trinajstić information content (AvgIpc) is 2.67. The van der Waals surface area contributed by atoms with Crippen LogP contribution in [-0.4, -0.2) is 18.7 Å². The van der Waals surface area contributed by atoms with E-state index in [0.717, 1.165) is 4.88 Å². The van der Waals surface area contributed by atoms with E-state index in [0.29, 0.717) is 13.2 Å². The van der Waals surface area contributed by atoms with E-state index in [1.807, 2.05) is 17.5 Å². The first kappa shape index (κ1) is 11.2. The number of rotatable bonds is 5. The molecule has 0 bridgehead atoms. The van der Waals surface area contributed by atoms with E-state index in [1.165, 1.54) is 0 Å². The quantitative estimate of drug-likeness (QED) is 0.705. The van der Waals surface area contributed by atoms with Crippen molar-refractivity contribution in [3.63, 3.8) is 0 Å². The summed E-state index contributed by atoms with van der Waals surface area (Å²) in [5.74, 6) is -0.302. The zero-order valence-electron chi connectivity index (χ0n) is 8.36. The van der Waals surface area contributed by atoms with Gasteiger partial charge in [0, 0.05) is 4.88 Å². The summed E-state index contributed by atoms with van der Waals surface area (Å²) in [4.78, 5) is 12.3. The van der Waals surface area contributed by atoms with Crippen LogP contribution in [0.25, 0.3) is 0 Å². The summed E-state index contributed by atoms with van der Waals surface area (Å²) in [6.45, 7) is 4.35. The van der Waals surface area contributed by atoms with Gasteiger partial charge in [0.25, 0.3) is 0 Å². The van der Waals surface area contributed by atoms with Crippen LogP contribution in [0.1, 0.15) is 18.7 Å². The lowest BCUT2D eigenvalue weighted by Crippen LogP contribution is -2.22. The zero-order valence-corrected chi connectivity index (χ0v) is 9.17. The van der Waals surface area contributed by atoms with Crippen molar-refractivity contribution in [2.75, 3.05) is 6.61 Å². The van der Waals surface area contributed by atoms with Gasteiger partial charge in [-0.2, -0.15) is 0 Å². The smallest absolute Gasteiger partial charge is 0.334 e. The number of carbonyl (C=O) groups is 1. The fourth-order valence-electron chi connectivity index (χ4n) is 0.929. The molecule has 4 heteroatoms. The van der Waals surface area contributed by atoms with Gasteiger partial charge in [0.15, 0.2) is 6.10 Å². The van der Waals surface area contributed by atoms with E-state index >= 15 is 0 Å². The standard InChI is InChI=1S/C10H14O3S/c1-3-12-10(11)8(2)13-7-9-5-4-6-14-9/h4-6,8H,3,7H2,1-2H3. The van der Waals surface area contributed by atoms with E-state index in [-0.39, 0.29) is 5.97 Å². The van der Waals surface area contributed by atoms with E-state index in [2.05, 4.69) is 0 Å². The molecule has 0 fully saturated rings. The van der Waals surface area contributed by atoms with Crippen molar-refractivity contribution in [3.8, 4) is 0 Å². The Kier molecular flexibility index (Phi) is 4.62. The molecule has 0 aliphatic carbocycles. The molecule has 1 aromatic rings. The van der Waals surface area contributed by atoms with Crippen molar-refractivity contribution < 1.29 is 14.3 Å². The van der Waals surface area contributed by atoms with Crippen molar-refractivity contribution in [1.82, 2.24) is 0 Å². The Bertz CT molecular complexity index is 269. The van der Waals surface area contributed by atoms with Crippen molar-refractivity contribution in [1.29, 1.82) is 0 Å². The lowest BCUT2D eigenvalue weighted by Gasteiger charge is -2.10. The molecular weight excluding hydrogens is 200 g/mol. The van der Waals surface area contributed by atoms with Gasteiger partial charge in [-0.3, -0.25) is 0 Å². The summed E-state index contributed by atoms with van der Waals surface area (Å²) in [7, 11) is 0. The minimum atomic E-state index is -0.489. The maximum absolute atomic E-state index is 11.2. The predicted molar refractivity (Wildman–Crippen MR) is 55.2 cm³/mol. The van der Waals surface area contributed by atoms with Gasteiger partial charge in [-0.05, 0) is 25.3 Å². The molecule has 78 valence electrons. The Morgan fingerprint density at radius 2 is 2.43 bits per heavy atom. The molecule has 0 saturated carbocycles. The summed E-state index contributed by atoms with van der Waals surface area (Å²) in [5, 5.41) is 1.98. The molecule has 0 spiro atoms. The Morgan fingerprint density at radius 1 is 1.64 bits per heavy atom. The molecule has 0 radical (unpaired) electrons. The topological polar surface area (TPSA) is 35.5 Å². The molecule has 1 aromatic heterocycles. The number of hydrogen-bond acceptors (Lipinski definition) is 4. The van der Waals surface area contributed by atoms with E-state index in [9.17, 15) is 4.79 Å². The first-order valence-corrected chi connectivity index (χ1v) is 5.42. The predicted octanol–water partition coefficient (Wildman–Crippen LogP) is 2.22. The molecule has 0 aliphatic heterocycles. The minimum absolute atomic E-state index is 0.302. The lowest BCUT2D eigenvalue weighted by atomic mass is 10.4. The Balaban J connectivity index is 2.27. The second-order valence-electron chi connectivity index (χ2n) is 2.78. The average molecular weight is 214 g/mol. The van der Waals surface area contributed by atoms with Gasteiger partial charge in [-0.1, -0.05) is 6.07 Å². The van der Waals surface area contributed by atoms with Crippen LogP contribution in [0.5, 0.6) is 0 Å². The Labute approximate surface area is 87.7 Å². The van der Waals surface area contributed by atoms with E-state index in [4.69, 9.17) is 9.47 Å². The summed E-state index contributed by atoms with van der Waals surface area (Å²) in [6.07, 6.45) is -0.489. The third-order valence-electron chi connectivity index (χ3n) is 1.67. The third kappa shape index (κ3) is 3.47. The third-order valence-corrected chi connectivity index (χ3v) is 2.52. The van der Waals surface area contributed by atoms with Crippen molar-refractivity contribution in [3.05, 3.63) is 22.4 Å². The molecule has 0 saturated heterocycles. The molecule has 3 nitrogen and oxygen atoms in total. The SMILES string of the molecule is CCOC(=O)C(C)OCc1cccs1. The minimum Gasteiger partial charge on any atom is -0.464 e. The maximum atomic E-state index is 11.2. The lowest BCUT2D eigenvalue weighted by molar-refractivity contribution is -0.156. The van der Waals surface area contributed by atoms with Gasteiger partial charge in [0.2, 0.25) is 0 Å². The van der Waals surface area contributed by atoms with Crippen LogP contribution in [0.4, 0.5) is 0 Å². The van der Waals surface area contributed by atoms with Gasteiger partial charge in [0.05, 0.1) is 13.2 Å². The number of carbonyl (C=O) groups excluding carboxylic acids is 1. The van der Waals surface area contributed by atoms with E-state index in [1.54, 1.807) is 25.2 Å². The summed E-state index contributed by atoms with van der Waals surface area (Å²) >= 11 is 1.61. The molecule has 14 heavy (non-hydrogen) atoms. The highest BCUT2D eigenvalue weighted by atomic mass is 32.1. The first-order chi connectivity index (χ1) is 6.74. The molecular formula is C10H14O3S. The number of esters is 1. The van der Waals surface area contributed by atoms with Gasteiger partial charge in [-0.15, -0.1) is 11.3 Å². The van der Waals surface area contributed by atoms with Crippen LogP contribution < -0.4 is 0 Å². The van der Waals surface area contributed by atoms with Gasteiger partial charge in [0.1, 0.15) is 0 Å². The monoisotopic (exact) mass is 214 g/mol. The van der Waals surface area contributed by atoms with Crippen molar-refractivity contribution >= 4 is 17.3 Å². The van der Waals surface area contributed by atoms with Crippen molar-refractivity contribution in [2.24, 2.45) is 0 Å². The van der Waals surface area contributed by atoms with Crippen LogP contribution in [-0.2, 0) is 20.9 Å². The molecule has 0 amide bonds. The Morgan fingerprint density at radius 3 is 3.00 bits per heavy atom. The molecule has 1 rings (SSSR count). The molecule has 0 aliphatic rings. The zero-order chi connectivity index (χ0) is 10.4.